The lowest BCUT2D eigenvalue weighted by molar-refractivity contribution is 0.0383. The molecule has 0 unspecified atom stereocenters. The normalized spacial score (nSPS) is 14.1. The lowest BCUT2D eigenvalue weighted by atomic mass is 10.2. The van der Waals surface area contributed by atoms with Gasteiger partial charge in [0.1, 0.15) is 10.7 Å². The summed E-state index contributed by atoms with van der Waals surface area (Å²) in [5, 5.41) is 15.8. The van der Waals surface area contributed by atoms with Crippen LogP contribution in [0.5, 0.6) is 0 Å². The van der Waals surface area contributed by atoms with E-state index in [1.807, 2.05) is 41.0 Å². The van der Waals surface area contributed by atoms with Gasteiger partial charge >= 0.3 is 0 Å². The second kappa shape index (κ2) is 11.9. The number of aromatic nitrogens is 5. The van der Waals surface area contributed by atoms with Crippen LogP contribution in [0, 0.1) is 0 Å². The van der Waals surface area contributed by atoms with Gasteiger partial charge in [-0.05, 0) is 30.3 Å². The highest BCUT2D eigenvalue weighted by molar-refractivity contribution is 7.98. The van der Waals surface area contributed by atoms with Gasteiger partial charge in [-0.2, -0.15) is 0 Å². The van der Waals surface area contributed by atoms with Crippen molar-refractivity contribution in [1.29, 1.82) is 0 Å². The van der Waals surface area contributed by atoms with E-state index in [0.29, 0.717) is 34.0 Å². The molecule has 36 heavy (non-hydrogen) atoms. The van der Waals surface area contributed by atoms with Crippen molar-refractivity contribution in [2.75, 3.05) is 39.4 Å². The highest BCUT2D eigenvalue weighted by Gasteiger charge is 2.18. The Morgan fingerprint density at radius 2 is 2.00 bits per heavy atom. The number of nitrogens with one attached hydrogen (secondary N) is 1. The van der Waals surface area contributed by atoms with Crippen molar-refractivity contribution < 1.29 is 9.53 Å². The van der Waals surface area contributed by atoms with E-state index < -0.39 is 0 Å². The van der Waals surface area contributed by atoms with Crippen LogP contribution < -0.4 is 5.32 Å². The van der Waals surface area contributed by atoms with Gasteiger partial charge in [-0.15, -0.1) is 21.5 Å². The number of thiazole rings is 1. The predicted octanol–water partition coefficient (Wildman–Crippen LogP) is 3.79. The minimum absolute atomic E-state index is 0.155. The highest BCUT2D eigenvalue weighted by atomic mass is 35.5. The number of thioether (sulfide) groups is 1. The molecule has 1 aromatic carbocycles. The lowest BCUT2D eigenvalue weighted by Gasteiger charge is -2.26. The van der Waals surface area contributed by atoms with Gasteiger partial charge in [0.15, 0.2) is 11.0 Å². The number of pyridine rings is 1. The summed E-state index contributed by atoms with van der Waals surface area (Å²) in [7, 11) is 0. The third-order valence-corrected chi connectivity index (χ3v) is 7.77. The van der Waals surface area contributed by atoms with Gasteiger partial charge in [0.05, 0.1) is 24.7 Å². The van der Waals surface area contributed by atoms with Gasteiger partial charge in [0.2, 0.25) is 0 Å². The molecule has 1 fully saturated rings. The molecule has 0 aliphatic carbocycles. The Bertz CT molecular complexity index is 1310. The van der Waals surface area contributed by atoms with Crippen molar-refractivity contribution in [2.45, 2.75) is 10.9 Å². The molecule has 0 atom stereocenters. The van der Waals surface area contributed by atoms with Gasteiger partial charge in [-0.25, -0.2) is 4.98 Å². The fraction of sp³-hybridized carbons (Fsp3) is 0.292. The topological polar surface area (TPSA) is 98.1 Å². The molecular formula is C24H24ClN7O2S2. The summed E-state index contributed by atoms with van der Waals surface area (Å²) < 4.78 is 7.33. The number of carbonyl (C=O) groups excluding carboxylic acids is 1. The molecule has 4 heterocycles. The van der Waals surface area contributed by atoms with Crippen LogP contribution in [0.4, 0.5) is 0 Å². The zero-order valence-corrected chi connectivity index (χ0v) is 21.7. The van der Waals surface area contributed by atoms with Gasteiger partial charge in [0.25, 0.3) is 5.91 Å². The molecule has 1 aliphatic heterocycles. The van der Waals surface area contributed by atoms with Crippen LogP contribution in [0.25, 0.3) is 17.1 Å². The number of ether oxygens (including phenoxy) is 1. The summed E-state index contributed by atoms with van der Waals surface area (Å²) in [5.41, 5.74) is 2.20. The van der Waals surface area contributed by atoms with E-state index in [4.69, 9.17) is 16.3 Å². The molecule has 12 heteroatoms. The first-order chi connectivity index (χ1) is 17.7. The van der Waals surface area contributed by atoms with E-state index in [-0.39, 0.29) is 5.91 Å². The predicted molar refractivity (Wildman–Crippen MR) is 141 cm³/mol. The number of nitrogens with zero attached hydrogens (tertiary/aromatic N) is 6. The van der Waals surface area contributed by atoms with Crippen molar-refractivity contribution in [2.24, 2.45) is 0 Å². The summed E-state index contributed by atoms with van der Waals surface area (Å²) >= 11 is 9.24. The van der Waals surface area contributed by atoms with Gasteiger partial charge < -0.3 is 10.1 Å². The smallest absolute Gasteiger partial charge is 0.270 e. The number of rotatable bonds is 9. The van der Waals surface area contributed by atoms with E-state index >= 15 is 0 Å². The summed E-state index contributed by atoms with van der Waals surface area (Å²) in [4.78, 5) is 23.5. The Kier molecular flexibility index (Phi) is 8.24. The van der Waals surface area contributed by atoms with Crippen molar-refractivity contribution in [3.63, 3.8) is 0 Å². The maximum atomic E-state index is 12.5. The van der Waals surface area contributed by atoms with Crippen LogP contribution in [-0.2, 0) is 10.5 Å². The van der Waals surface area contributed by atoms with Crippen LogP contribution in [0.15, 0.2) is 59.3 Å². The van der Waals surface area contributed by atoms with Crippen molar-refractivity contribution >= 4 is 40.6 Å². The van der Waals surface area contributed by atoms with Crippen LogP contribution in [0.1, 0.15) is 15.5 Å². The van der Waals surface area contributed by atoms with E-state index in [2.05, 4.69) is 30.4 Å². The van der Waals surface area contributed by atoms with Gasteiger partial charge in [0, 0.05) is 54.5 Å². The molecule has 0 spiro atoms. The monoisotopic (exact) mass is 541 g/mol. The Morgan fingerprint density at radius 1 is 1.17 bits per heavy atom. The van der Waals surface area contributed by atoms with Crippen molar-refractivity contribution in [3.8, 4) is 17.1 Å². The number of amides is 1. The molecule has 1 amide bonds. The summed E-state index contributed by atoms with van der Waals surface area (Å²) in [6.07, 6.45) is 3.45. The Balaban J connectivity index is 1.26. The number of carbonyl (C=O) groups is 1. The molecule has 186 valence electrons. The fourth-order valence-electron chi connectivity index (χ4n) is 3.75. The second-order valence-electron chi connectivity index (χ2n) is 7.98. The van der Waals surface area contributed by atoms with E-state index in [1.54, 1.807) is 17.8 Å². The van der Waals surface area contributed by atoms with Crippen molar-refractivity contribution in [3.05, 3.63) is 69.9 Å². The number of hydrogen-bond acceptors (Lipinski definition) is 9. The number of hydrogen-bond donors (Lipinski definition) is 1. The first kappa shape index (κ1) is 24.8. The Hall–Kier alpha value is -2.83. The van der Waals surface area contributed by atoms with E-state index in [9.17, 15) is 4.79 Å². The largest absolute Gasteiger partial charge is 0.379 e. The molecule has 5 rings (SSSR count). The minimum atomic E-state index is -0.155. The Morgan fingerprint density at radius 3 is 2.81 bits per heavy atom. The third kappa shape index (κ3) is 6.11. The minimum Gasteiger partial charge on any atom is -0.379 e. The summed E-state index contributed by atoms with van der Waals surface area (Å²) in [5.74, 6) is 1.10. The number of halogens is 1. The molecule has 9 nitrogen and oxygen atoms in total. The maximum Gasteiger partial charge on any atom is 0.270 e. The molecule has 0 bridgehead atoms. The van der Waals surface area contributed by atoms with Crippen molar-refractivity contribution in [1.82, 2.24) is 34.9 Å². The molecule has 1 N–H and O–H groups in total. The average Bonchev–Trinajstić information content (AvgIpc) is 3.56. The van der Waals surface area contributed by atoms with Crippen LogP contribution in [-0.4, -0.2) is 74.9 Å². The van der Waals surface area contributed by atoms with Crippen LogP contribution in [0.3, 0.4) is 0 Å². The molecule has 1 aliphatic rings. The number of benzene rings is 1. The average molecular weight is 542 g/mol. The molecule has 4 aromatic rings. The fourth-order valence-corrected chi connectivity index (χ4v) is 5.68. The van der Waals surface area contributed by atoms with E-state index in [1.165, 1.54) is 23.1 Å². The van der Waals surface area contributed by atoms with Gasteiger partial charge in [-0.1, -0.05) is 29.4 Å². The SMILES string of the molecule is O=C(NCCN1CCOCC1)c1csc(CSc2nnc(-c3ccncc3)n2-c2cccc(Cl)c2)n1. The quantitative estimate of drug-likeness (QED) is 0.320. The zero-order chi connectivity index (χ0) is 24.7. The first-order valence-electron chi connectivity index (χ1n) is 11.4. The van der Waals surface area contributed by atoms with Crippen LogP contribution >= 0.6 is 34.7 Å². The molecule has 1 saturated heterocycles. The van der Waals surface area contributed by atoms with Gasteiger partial charge in [-0.3, -0.25) is 19.2 Å². The standard InChI is InChI=1S/C24H24ClN7O2S2/c25-18-2-1-3-19(14-18)32-22(17-4-6-26-7-5-17)29-30-24(32)36-16-21-28-20(15-35-21)23(33)27-8-9-31-10-12-34-13-11-31/h1-7,14-15H,8-13,16H2,(H,27,33). The first-order valence-corrected chi connectivity index (χ1v) is 13.7. The molecular weight excluding hydrogens is 518 g/mol. The molecule has 3 aromatic heterocycles. The summed E-state index contributed by atoms with van der Waals surface area (Å²) in [6.45, 7) is 4.68. The second-order valence-corrected chi connectivity index (χ2v) is 10.3. The van der Waals surface area contributed by atoms with Crippen LogP contribution in [0.2, 0.25) is 5.02 Å². The van der Waals surface area contributed by atoms with E-state index in [0.717, 1.165) is 49.1 Å². The zero-order valence-electron chi connectivity index (χ0n) is 19.3. The molecule has 0 radical (unpaired) electrons. The maximum absolute atomic E-state index is 12.5. The number of morpholine rings is 1. The lowest BCUT2D eigenvalue weighted by Crippen LogP contribution is -2.41. The summed E-state index contributed by atoms with van der Waals surface area (Å²) in [6, 6.07) is 11.4. The Labute approximate surface area is 221 Å². The highest BCUT2D eigenvalue weighted by Crippen LogP contribution is 2.31. The third-order valence-electron chi connectivity index (χ3n) is 5.56. The molecule has 0 saturated carbocycles.